The van der Waals surface area contributed by atoms with E-state index in [1.165, 1.54) is 25.7 Å². The lowest BCUT2D eigenvalue weighted by Gasteiger charge is -2.20. The van der Waals surface area contributed by atoms with Crippen LogP contribution in [0, 0.1) is 5.92 Å². The fraction of sp³-hybridized carbons (Fsp3) is 0.571. The predicted octanol–water partition coefficient (Wildman–Crippen LogP) is 3.06. The number of nitrogens with one attached hydrogen (secondary N) is 1. The van der Waals surface area contributed by atoms with Gasteiger partial charge in [-0.15, -0.1) is 0 Å². The average molecular weight is 219 g/mol. The fourth-order valence-electron chi connectivity index (χ4n) is 2.57. The van der Waals surface area contributed by atoms with Gasteiger partial charge in [0.15, 0.2) is 0 Å². The predicted molar refractivity (Wildman–Crippen MR) is 66.4 cm³/mol. The Labute approximate surface area is 97.7 Å². The Morgan fingerprint density at radius 1 is 1.38 bits per heavy atom. The average Bonchev–Trinajstić information content (AvgIpc) is 2.79. The van der Waals surface area contributed by atoms with E-state index in [-0.39, 0.29) is 0 Å². The van der Waals surface area contributed by atoms with Crippen LogP contribution in [0.3, 0.4) is 0 Å². The number of phenols is 1. The molecule has 0 aliphatic heterocycles. The van der Waals surface area contributed by atoms with Crippen LogP contribution in [0.2, 0.25) is 0 Å². The SMILES string of the molecule is C[C@@H](NCc1cccc(O)c1)C1CCCC1. The standard InChI is InChI=1S/C14H21NO/c1-11(13-6-2-3-7-13)15-10-12-5-4-8-14(16)9-12/h4-5,8-9,11,13,15-16H,2-3,6-7,10H2,1H3/t11-/m1/s1. The lowest BCUT2D eigenvalue weighted by atomic mass is 9.99. The third-order valence-electron chi connectivity index (χ3n) is 3.65. The molecule has 88 valence electrons. The smallest absolute Gasteiger partial charge is 0.115 e. The summed E-state index contributed by atoms with van der Waals surface area (Å²) in [6.45, 7) is 3.13. The van der Waals surface area contributed by atoms with Crippen molar-refractivity contribution in [3.8, 4) is 5.75 Å². The van der Waals surface area contributed by atoms with Crippen LogP contribution >= 0.6 is 0 Å². The normalized spacial score (nSPS) is 18.8. The topological polar surface area (TPSA) is 32.3 Å². The van der Waals surface area contributed by atoms with Crippen molar-refractivity contribution in [3.05, 3.63) is 29.8 Å². The molecule has 1 aromatic carbocycles. The van der Waals surface area contributed by atoms with E-state index < -0.39 is 0 Å². The van der Waals surface area contributed by atoms with Crippen LogP contribution in [0.25, 0.3) is 0 Å². The zero-order valence-corrected chi connectivity index (χ0v) is 9.95. The van der Waals surface area contributed by atoms with Gasteiger partial charge in [0, 0.05) is 12.6 Å². The van der Waals surface area contributed by atoms with E-state index in [0.717, 1.165) is 18.0 Å². The van der Waals surface area contributed by atoms with Crippen molar-refractivity contribution in [3.63, 3.8) is 0 Å². The van der Waals surface area contributed by atoms with Crippen molar-refractivity contribution in [2.75, 3.05) is 0 Å². The van der Waals surface area contributed by atoms with Crippen LogP contribution < -0.4 is 5.32 Å². The van der Waals surface area contributed by atoms with E-state index in [9.17, 15) is 5.11 Å². The minimum atomic E-state index is 0.354. The van der Waals surface area contributed by atoms with Gasteiger partial charge in [0.05, 0.1) is 0 Å². The van der Waals surface area contributed by atoms with Gasteiger partial charge in [-0.2, -0.15) is 0 Å². The number of aromatic hydroxyl groups is 1. The van der Waals surface area contributed by atoms with E-state index in [4.69, 9.17) is 0 Å². The van der Waals surface area contributed by atoms with Gasteiger partial charge in [0.2, 0.25) is 0 Å². The maximum Gasteiger partial charge on any atom is 0.115 e. The van der Waals surface area contributed by atoms with Crippen molar-refractivity contribution in [1.29, 1.82) is 0 Å². The van der Waals surface area contributed by atoms with E-state index in [0.29, 0.717) is 11.8 Å². The summed E-state index contributed by atoms with van der Waals surface area (Å²) in [6, 6.07) is 8.07. The maximum absolute atomic E-state index is 9.36. The van der Waals surface area contributed by atoms with Crippen molar-refractivity contribution in [1.82, 2.24) is 5.32 Å². The zero-order chi connectivity index (χ0) is 11.4. The van der Waals surface area contributed by atoms with Gasteiger partial charge >= 0.3 is 0 Å². The minimum absolute atomic E-state index is 0.354. The van der Waals surface area contributed by atoms with Gasteiger partial charge in [-0.05, 0) is 43.4 Å². The molecule has 16 heavy (non-hydrogen) atoms. The molecular formula is C14H21NO. The van der Waals surface area contributed by atoms with Crippen LogP contribution in [0.1, 0.15) is 38.2 Å². The molecule has 2 nitrogen and oxygen atoms in total. The Bertz CT molecular complexity index is 331. The molecule has 0 spiro atoms. The number of phenolic OH excluding ortho intramolecular Hbond substituents is 1. The number of hydrogen-bond donors (Lipinski definition) is 2. The molecule has 0 amide bonds. The van der Waals surface area contributed by atoms with Gasteiger partial charge in [0.1, 0.15) is 5.75 Å². The molecule has 0 heterocycles. The summed E-state index contributed by atoms with van der Waals surface area (Å²) in [5.41, 5.74) is 1.16. The second-order valence-corrected chi connectivity index (χ2v) is 4.88. The first-order valence-electron chi connectivity index (χ1n) is 6.27. The summed E-state index contributed by atoms with van der Waals surface area (Å²) >= 11 is 0. The molecule has 2 heteroatoms. The number of rotatable bonds is 4. The van der Waals surface area contributed by atoms with E-state index in [1.807, 2.05) is 18.2 Å². The third kappa shape index (κ3) is 2.99. The van der Waals surface area contributed by atoms with Crippen LogP contribution in [0.4, 0.5) is 0 Å². The molecule has 0 saturated heterocycles. The minimum Gasteiger partial charge on any atom is -0.508 e. The molecule has 2 N–H and O–H groups in total. The molecule has 0 aromatic heterocycles. The molecule has 1 atom stereocenters. The van der Waals surface area contributed by atoms with Crippen LogP contribution in [-0.4, -0.2) is 11.1 Å². The van der Waals surface area contributed by atoms with Crippen molar-refractivity contribution < 1.29 is 5.11 Å². The maximum atomic E-state index is 9.36. The number of hydrogen-bond acceptors (Lipinski definition) is 2. The summed E-state index contributed by atoms with van der Waals surface area (Å²) < 4.78 is 0. The molecule has 0 radical (unpaired) electrons. The van der Waals surface area contributed by atoms with Gasteiger partial charge in [-0.25, -0.2) is 0 Å². The highest BCUT2D eigenvalue weighted by Crippen LogP contribution is 2.27. The van der Waals surface area contributed by atoms with Crippen molar-refractivity contribution in [2.24, 2.45) is 5.92 Å². The quantitative estimate of drug-likeness (QED) is 0.815. The molecule has 0 bridgehead atoms. The van der Waals surface area contributed by atoms with Gasteiger partial charge in [-0.3, -0.25) is 0 Å². The Morgan fingerprint density at radius 3 is 2.81 bits per heavy atom. The molecule has 0 unspecified atom stereocenters. The molecule has 1 aliphatic rings. The highest BCUT2D eigenvalue weighted by atomic mass is 16.3. The van der Waals surface area contributed by atoms with Crippen molar-refractivity contribution in [2.45, 2.75) is 45.2 Å². The summed E-state index contributed by atoms with van der Waals surface area (Å²) in [5.74, 6) is 1.20. The third-order valence-corrected chi connectivity index (χ3v) is 3.65. The second-order valence-electron chi connectivity index (χ2n) is 4.88. The summed E-state index contributed by atoms with van der Waals surface area (Å²) in [4.78, 5) is 0. The summed E-state index contributed by atoms with van der Waals surface area (Å²) in [6.07, 6.45) is 5.52. The van der Waals surface area contributed by atoms with Crippen LogP contribution in [-0.2, 0) is 6.54 Å². The summed E-state index contributed by atoms with van der Waals surface area (Å²) in [5, 5.41) is 12.9. The summed E-state index contributed by atoms with van der Waals surface area (Å²) in [7, 11) is 0. The van der Waals surface area contributed by atoms with Crippen molar-refractivity contribution >= 4 is 0 Å². The van der Waals surface area contributed by atoms with E-state index in [2.05, 4.69) is 12.2 Å². The molecule has 1 saturated carbocycles. The van der Waals surface area contributed by atoms with E-state index >= 15 is 0 Å². The van der Waals surface area contributed by atoms with Gasteiger partial charge in [-0.1, -0.05) is 25.0 Å². The largest absolute Gasteiger partial charge is 0.508 e. The first-order valence-corrected chi connectivity index (χ1v) is 6.27. The molecule has 1 aliphatic carbocycles. The number of benzene rings is 1. The Hall–Kier alpha value is -1.02. The first-order chi connectivity index (χ1) is 7.75. The van der Waals surface area contributed by atoms with E-state index in [1.54, 1.807) is 6.07 Å². The highest BCUT2D eigenvalue weighted by Gasteiger charge is 2.20. The first kappa shape index (κ1) is 11.5. The highest BCUT2D eigenvalue weighted by molar-refractivity contribution is 5.26. The molecular weight excluding hydrogens is 198 g/mol. The monoisotopic (exact) mass is 219 g/mol. The fourth-order valence-corrected chi connectivity index (χ4v) is 2.57. The zero-order valence-electron chi connectivity index (χ0n) is 9.95. The Balaban J connectivity index is 1.82. The lowest BCUT2D eigenvalue weighted by Crippen LogP contribution is -2.31. The van der Waals surface area contributed by atoms with Crippen LogP contribution in [0.15, 0.2) is 24.3 Å². The Morgan fingerprint density at radius 2 is 2.12 bits per heavy atom. The second kappa shape index (κ2) is 5.35. The van der Waals surface area contributed by atoms with Gasteiger partial charge in [0.25, 0.3) is 0 Å². The lowest BCUT2D eigenvalue weighted by molar-refractivity contribution is 0.380. The molecule has 2 rings (SSSR count). The Kier molecular flexibility index (Phi) is 3.83. The molecule has 1 aromatic rings. The van der Waals surface area contributed by atoms with Gasteiger partial charge < -0.3 is 10.4 Å². The van der Waals surface area contributed by atoms with Crippen LogP contribution in [0.5, 0.6) is 5.75 Å². The molecule has 1 fully saturated rings.